The number of aryl methyl sites for hydroxylation is 1. The summed E-state index contributed by atoms with van der Waals surface area (Å²) in [5.74, 6) is 0.106. The van der Waals surface area contributed by atoms with Gasteiger partial charge in [-0.1, -0.05) is 25.5 Å². The number of rotatable bonds is 5. The summed E-state index contributed by atoms with van der Waals surface area (Å²) in [6, 6.07) is 7.53. The molecule has 0 spiro atoms. The first-order valence-electron chi connectivity index (χ1n) is 6.12. The predicted molar refractivity (Wildman–Crippen MR) is 72.0 cm³/mol. The molecule has 0 aliphatic rings. The number of benzene rings is 1. The number of nitrogens with zero attached hydrogens (tertiary/aromatic N) is 1. The lowest BCUT2D eigenvalue weighted by molar-refractivity contribution is -0.117. The van der Waals surface area contributed by atoms with Crippen LogP contribution in [0.2, 0.25) is 0 Å². The van der Waals surface area contributed by atoms with E-state index in [1.54, 1.807) is 6.07 Å². The fourth-order valence-electron chi connectivity index (χ4n) is 1.78. The second kappa shape index (κ2) is 6.77. The highest BCUT2D eigenvalue weighted by Crippen LogP contribution is 2.19. The van der Waals surface area contributed by atoms with Crippen LogP contribution in [-0.4, -0.2) is 12.5 Å². The van der Waals surface area contributed by atoms with Gasteiger partial charge in [0.2, 0.25) is 5.91 Å². The molecule has 1 aromatic rings. The number of nitrogens with one attached hydrogen (secondary N) is 1. The SMILES string of the molecule is CCC(CN)CC(=O)Nc1cccc(C)c1C#N. The van der Waals surface area contributed by atoms with E-state index >= 15 is 0 Å². The molecule has 1 rings (SSSR count). The monoisotopic (exact) mass is 245 g/mol. The van der Waals surface area contributed by atoms with Gasteiger partial charge in [0.1, 0.15) is 6.07 Å². The molecule has 0 heterocycles. The van der Waals surface area contributed by atoms with E-state index in [1.807, 2.05) is 26.0 Å². The van der Waals surface area contributed by atoms with E-state index in [9.17, 15) is 4.79 Å². The minimum Gasteiger partial charge on any atom is -0.330 e. The molecule has 1 atom stereocenters. The lowest BCUT2D eigenvalue weighted by atomic mass is 10.0. The van der Waals surface area contributed by atoms with Gasteiger partial charge in [-0.2, -0.15) is 5.26 Å². The van der Waals surface area contributed by atoms with Crippen LogP contribution in [0.1, 0.15) is 30.9 Å². The lowest BCUT2D eigenvalue weighted by Crippen LogP contribution is -2.22. The fraction of sp³-hybridized carbons (Fsp3) is 0.429. The minimum atomic E-state index is -0.0885. The van der Waals surface area contributed by atoms with Gasteiger partial charge in [0.15, 0.2) is 0 Å². The quantitative estimate of drug-likeness (QED) is 0.834. The first kappa shape index (κ1) is 14.2. The molecule has 1 unspecified atom stereocenters. The van der Waals surface area contributed by atoms with Crippen molar-refractivity contribution >= 4 is 11.6 Å². The van der Waals surface area contributed by atoms with Crippen molar-refractivity contribution in [2.45, 2.75) is 26.7 Å². The maximum atomic E-state index is 11.8. The van der Waals surface area contributed by atoms with E-state index in [4.69, 9.17) is 11.0 Å². The fourth-order valence-corrected chi connectivity index (χ4v) is 1.78. The molecule has 4 heteroatoms. The van der Waals surface area contributed by atoms with Crippen LogP contribution >= 0.6 is 0 Å². The molecule has 0 saturated heterocycles. The highest BCUT2D eigenvalue weighted by atomic mass is 16.1. The van der Waals surface area contributed by atoms with Crippen molar-refractivity contribution in [3.05, 3.63) is 29.3 Å². The lowest BCUT2D eigenvalue weighted by Gasteiger charge is -2.13. The molecule has 18 heavy (non-hydrogen) atoms. The first-order valence-corrected chi connectivity index (χ1v) is 6.12. The zero-order chi connectivity index (χ0) is 13.5. The first-order chi connectivity index (χ1) is 8.62. The molecule has 3 N–H and O–H groups in total. The predicted octanol–water partition coefficient (Wildman–Crippen LogP) is 2.18. The second-order valence-electron chi connectivity index (χ2n) is 4.37. The van der Waals surface area contributed by atoms with Crippen molar-refractivity contribution in [1.29, 1.82) is 5.26 Å². The van der Waals surface area contributed by atoms with E-state index in [2.05, 4.69) is 11.4 Å². The van der Waals surface area contributed by atoms with Crippen LogP contribution < -0.4 is 11.1 Å². The Bertz CT molecular complexity index is 459. The van der Waals surface area contributed by atoms with E-state index in [-0.39, 0.29) is 11.8 Å². The summed E-state index contributed by atoms with van der Waals surface area (Å²) in [6.45, 7) is 4.37. The van der Waals surface area contributed by atoms with Gasteiger partial charge in [-0.25, -0.2) is 0 Å². The standard InChI is InChI=1S/C14H19N3O/c1-3-11(8-15)7-14(18)17-13-6-4-5-10(2)12(13)9-16/h4-6,11H,3,7-8,15H2,1-2H3,(H,17,18). The Morgan fingerprint density at radius 1 is 1.56 bits per heavy atom. The van der Waals surface area contributed by atoms with Crippen molar-refractivity contribution in [3.8, 4) is 6.07 Å². The summed E-state index contributed by atoms with van der Waals surface area (Å²) in [6.07, 6.45) is 1.27. The van der Waals surface area contributed by atoms with Gasteiger partial charge >= 0.3 is 0 Å². The molecule has 4 nitrogen and oxygen atoms in total. The molecule has 1 aromatic carbocycles. The highest BCUT2D eigenvalue weighted by Gasteiger charge is 2.12. The van der Waals surface area contributed by atoms with Gasteiger partial charge in [-0.05, 0) is 31.0 Å². The summed E-state index contributed by atoms with van der Waals surface area (Å²) >= 11 is 0. The third kappa shape index (κ3) is 3.57. The Labute approximate surface area is 108 Å². The molecular formula is C14H19N3O. The van der Waals surface area contributed by atoms with Gasteiger partial charge in [-0.3, -0.25) is 4.79 Å². The molecule has 0 fully saturated rings. The van der Waals surface area contributed by atoms with Crippen LogP contribution in [0.4, 0.5) is 5.69 Å². The maximum Gasteiger partial charge on any atom is 0.224 e. The summed E-state index contributed by atoms with van der Waals surface area (Å²) in [7, 11) is 0. The minimum absolute atomic E-state index is 0.0885. The van der Waals surface area contributed by atoms with Crippen LogP contribution in [0.15, 0.2) is 18.2 Å². The molecule has 0 saturated carbocycles. The third-order valence-corrected chi connectivity index (χ3v) is 3.04. The molecule has 1 amide bonds. The van der Waals surface area contributed by atoms with Gasteiger partial charge in [0.25, 0.3) is 0 Å². The Morgan fingerprint density at radius 2 is 2.28 bits per heavy atom. The number of carbonyl (C=O) groups is 1. The number of carbonyl (C=O) groups excluding carboxylic acids is 1. The molecule has 0 bridgehead atoms. The molecule has 0 aromatic heterocycles. The van der Waals surface area contributed by atoms with Crippen molar-refractivity contribution in [2.75, 3.05) is 11.9 Å². The number of hydrogen-bond acceptors (Lipinski definition) is 3. The summed E-state index contributed by atoms with van der Waals surface area (Å²) in [4.78, 5) is 11.8. The van der Waals surface area contributed by atoms with Crippen LogP contribution in [-0.2, 0) is 4.79 Å². The number of amides is 1. The van der Waals surface area contributed by atoms with E-state index in [1.165, 1.54) is 0 Å². The van der Waals surface area contributed by atoms with Crippen molar-refractivity contribution in [1.82, 2.24) is 0 Å². The topological polar surface area (TPSA) is 78.9 Å². The van der Waals surface area contributed by atoms with Crippen LogP contribution in [0.25, 0.3) is 0 Å². The number of anilines is 1. The van der Waals surface area contributed by atoms with Crippen LogP contribution in [0.5, 0.6) is 0 Å². The van der Waals surface area contributed by atoms with Crippen molar-refractivity contribution < 1.29 is 4.79 Å². The van der Waals surface area contributed by atoms with Gasteiger partial charge in [-0.15, -0.1) is 0 Å². The van der Waals surface area contributed by atoms with Crippen molar-refractivity contribution in [2.24, 2.45) is 11.7 Å². The molecule has 0 aliphatic carbocycles. The normalized spacial score (nSPS) is 11.7. The van der Waals surface area contributed by atoms with E-state index in [0.717, 1.165) is 12.0 Å². The van der Waals surface area contributed by atoms with E-state index < -0.39 is 0 Å². The number of hydrogen-bond donors (Lipinski definition) is 2. The second-order valence-corrected chi connectivity index (χ2v) is 4.37. The summed E-state index contributed by atoms with van der Waals surface area (Å²) < 4.78 is 0. The Balaban J connectivity index is 2.77. The Kier molecular flexibility index (Phi) is 5.34. The average molecular weight is 245 g/mol. The molecular weight excluding hydrogens is 226 g/mol. The maximum absolute atomic E-state index is 11.8. The Hall–Kier alpha value is -1.86. The largest absolute Gasteiger partial charge is 0.330 e. The third-order valence-electron chi connectivity index (χ3n) is 3.04. The van der Waals surface area contributed by atoms with E-state index in [0.29, 0.717) is 24.2 Å². The number of nitrogens with two attached hydrogens (primary N) is 1. The molecule has 0 aliphatic heterocycles. The van der Waals surface area contributed by atoms with Crippen LogP contribution in [0, 0.1) is 24.2 Å². The zero-order valence-electron chi connectivity index (χ0n) is 10.9. The highest BCUT2D eigenvalue weighted by molar-refractivity contribution is 5.92. The van der Waals surface area contributed by atoms with Gasteiger partial charge in [0.05, 0.1) is 11.3 Å². The van der Waals surface area contributed by atoms with Gasteiger partial charge < -0.3 is 11.1 Å². The molecule has 96 valence electrons. The van der Waals surface area contributed by atoms with Crippen molar-refractivity contribution in [3.63, 3.8) is 0 Å². The summed E-state index contributed by atoms with van der Waals surface area (Å²) in [5.41, 5.74) is 7.53. The van der Waals surface area contributed by atoms with Crippen LogP contribution in [0.3, 0.4) is 0 Å². The van der Waals surface area contributed by atoms with Gasteiger partial charge in [0, 0.05) is 6.42 Å². The Morgan fingerprint density at radius 3 is 2.83 bits per heavy atom. The zero-order valence-corrected chi connectivity index (χ0v) is 10.9. The number of nitriles is 1. The summed E-state index contributed by atoms with van der Waals surface area (Å²) in [5, 5.41) is 11.8. The average Bonchev–Trinajstić information content (AvgIpc) is 2.36. The molecule has 0 radical (unpaired) electrons. The smallest absolute Gasteiger partial charge is 0.224 e.